The molecule has 2 rings (SSSR count). The molecule has 0 fully saturated rings. The van der Waals surface area contributed by atoms with E-state index >= 15 is 0 Å². The molecule has 1 N–H and O–H groups in total. The van der Waals surface area contributed by atoms with Crippen LogP contribution < -0.4 is 10.2 Å². The summed E-state index contributed by atoms with van der Waals surface area (Å²) in [7, 11) is 4.13. The summed E-state index contributed by atoms with van der Waals surface area (Å²) < 4.78 is 2.23. The van der Waals surface area contributed by atoms with Gasteiger partial charge in [0.05, 0.1) is 11.0 Å². The number of hydrogen-bond donors (Lipinski definition) is 1. The molecule has 0 atom stereocenters. The maximum atomic E-state index is 5.93. The first-order valence-electron chi connectivity index (χ1n) is 9.68. The van der Waals surface area contributed by atoms with Gasteiger partial charge in [0, 0.05) is 44.0 Å². The average molecular weight is 399 g/mol. The molecule has 2 aromatic rings. The van der Waals surface area contributed by atoms with Crippen LogP contribution in [0.3, 0.4) is 0 Å². The number of unbranched alkanes of at least 4 members (excludes halogenated alkanes) is 4. The normalized spacial score (nSPS) is 11.4. The third-order valence-corrected chi connectivity index (χ3v) is 5.20. The summed E-state index contributed by atoms with van der Waals surface area (Å²) in [6, 6.07) is 6.47. The molecule has 0 bridgehead atoms. The second kappa shape index (κ2) is 11.7. The van der Waals surface area contributed by atoms with E-state index in [-0.39, 0.29) is 0 Å². The van der Waals surface area contributed by atoms with Crippen LogP contribution in [-0.4, -0.2) is 48.0 Å². The molecule has 1 heterocycles. The second-order valence-electron chi connectivity index (χ2n) is 6.75. The smallest absolute Gasteiger partial charge is 0.109 e. The van der Waals surface area contributed by atoms with Gasteiger partial charge in [0.15, 0.2) is 0 Å². The molecule has 146 valence electrons. The Morgan fingerprint density at radius 2 is 1.73 bits per heavy atom. The Labute approximate surface area is 167 Å². The lowest BCUT2D eigenvalue weighted by Gasteiger charge is -2.22. The van der Waals surface area contributed by atoms with Crippen molar-refractivity contribution in [2.75, 3.05) is 43.3 Å². The first-order valence-corrected chi connectivity index (χ1v) is 10.7. The number of hydrogen-bond acceptors (Lipinski definition) is 3. The maximum Gasteiger partial charge on any atom is 0.109 e. The molecule has 1 aromatic heterocycles. The quantitative estimate of drug-likeness (QED) is 0.396. The van der Waals surface area contributed by atoms with Gasteiger partial charge in [0.1, 0.15) is 5.82 Å². The monoisotopic (exact) mass is 398 g/mol. The van der Waals surface area contributed by atoms with Crippen LogP contribution in [0.2, 0.25) is 0 Å². The molecule has 6 heteroatoms. The van der Waals surface area contributed by atoms with Crippen molar-refractivity contribution in [2.24, 2.45) is 7.05 Å². The van der Waals surface area contributed by atoms with Crippen LogP contribution in [0, 0.1) is 0 Å². The maximum absolute atomic E-state index is 5.93. The highest BCUT2D eigenvalue weighted by Crippen LogP contribution is 2.23. The van der Waals surface area contributed by atoms with E-state index in [1.54, 1.807) is 0 Å². The van der Waals surface area contributed by atoms with Crippen molar-refractivity contribution in [3.63, 3.8) is 0 Å². The van der Waals surface area contributed by atoms with Gasteiger partial charge in [-0.3, -0.25) is 0 Å². The number of nitrogens with zero attached hydrogens (tertiary/aromatic N) is 3. The summed E-state index contributed by atoms with van der Waals surface area (Å²) in [6.45, 7) is 2.72. The summed E-state index contributed by atoms with van der Waals surface area (Å²) in [5, 5.41) is 3.20. The van der Waals surface area contributed by atoms with Crippen molar-refractivity contribution in [3.8, 4) is 0 Å². The first-order chi connectivity index (χ1) is 12.7. The van der Waals surface area contributed by atoms with Crippen molar-refractivity contribution in [1.82, 2.24) is 14.9 Å². The van der Waals surface area contributed by atoms with Gasteiger partial charge in [0.2, 0.25) is 0 Å². The van der Waals surface area contributed by atoms with Crippen LogP contribution in [0.5, 0.6) is 0 Å². The van der Waals surface area contributed by atoms with Crippen molar-refractivity contribution >= 4 is 39.9 Å². The van der Waals surface area contributed by atoms with E-state index in [1.165, 1.54) is 43.4 Å². The Hall–Kier alpha value is -0.970. The number of alkyl halides is 2. The van der Waals surface area contributed by atoms with Gasteiger partial charge in [-0.15, -0.1) is 23.2 Å². The van der Waals surface area contributed by atoms with Crippen LogP contribution in [-0.2, 0) is 13.5 Å². The number of aromatic nitrogens is 2. The minimum Gasteiger partial charge on any atom is -0.369 e. The molecule has 0 spiro atoms. The van der Waals surface area contributed by atoms with Gasteiger partial charge in [-0.2, -0.15) is 0 Å². The number of benzene rings is 1. The Morgan fingerprint density at radius 1 is 1.04 bits per heavy atom. The molecule has 0 saturated carbocycles. The lowest BCUT2D eigenvalue weighted by atomic mass is 10.1. The molecule has 0 radical (unpaired) electrons. The molecule has 26 heavy (non-hydrogen) atoms. The molecule has 1 aromatic carbocycles. The summed E-state index contributed by atoms with van der Waals surface area (Å²) in [5.74, 6) is 2.36. The van der Waals surface area contributed by atoms with E-state index in [9.17, 15) is 0 Å². The Bertz CT molecular complexity index is 651. The zero-order chi connectivity index (χ0) is 18.8. The van der Waals surface area contributed by atoms with E-state index in [0.29, 0.717) is 11.8 Å². The predicted octanol–water partition coefficient (Wildman–Crippen LogP) is 4.57. The van der Waals surface area contributed by atoms with Crippen LogP contribution in [0.1, 0.15) is 37.9 Å². The van der Waals surface area contributed by atoms with Crippen LogP contribution in [0.25, 0.3) is 11.0 Å². The van der Waals surface area contributed by atoms with E-state index in [1.807, 2.05) is 7.05 Å². The molecule has 0 aliphatic carbocycles. The number of rotatable bonds is 13. The van der Waals surface area contributed by atoms with Crippen LogP contribution in [0.4, 0.5) is 5.69 Å². The van der Waals surface area contributed by atoms with Crippen molar-refractivity contribution in [1.29, 1.82) is 0 Å². The summed E-state index contributed by atoms with van der Waals surface area (Å²) in [4.78, 5) is 7.10. The number of nitrogens with one attached hydrogen (secondary N) is 1. The number of halogens is 2. The Kier molecular flexibility index (Phi) is 9.58. The van der Waals surface area contributed by atoms with Gasteiger partial charge in [-0.05, 0) is 44.6 Å². The van der Waals surface area contributed by atoms with Crippen molar-refractivity contribution in [2.45, 2.75) is 38.5 Å². The summed E-state index contributed by atoms with van der Waals surface area (Å²) in [5.41, 5.74) is 3.39. The molecule has 4 nitrogen and oxygen atoms in total. The minimum absolute atomic E-state index is 0.594. The molecule has 0 saturated heterocycles. The first kappa shape index (κ1) is 21.3. The third-order valence-electron chi connectivity index (χ3n) is 4.86. The molecule has 0 unspecified atom stereocenters. The van der Waals surface area contributed by atoms with Crippen molar-refractivity contribution in [3.05, 3.63) is 24.0 Å². The lowest BCUT2D eigenvalue weighted by Crippen LogP contribution is -2.27. The molecule has 0 aliphatic heterocycles. The van der Waals surface area contributed by atoms with E-state index in [0.717, 1.165) is 37.3 Å². The van der Waals surface area contributed by atoms with Gasteiger partial charge in [-0.25, -0.2) is 4.98 Å². The highest BCUT2D eigenvalue weighted by atomic mass is 35.5. The standard InChI is InChI=1S/C20H32Cl2N4/c1-23-13-7-5-3-4-6-8-20-24-18-16-17(9-10-19(18)25(20)2)26(14-11-21)15-12-22/h9-10,16,23H,3-8,11-15H2,1-2H3. The van der Waals surface area contributed by atoms with E-state index in [4.69, 9.17) is 28.2 Å². The number of anilines is 1. The number of aryl methyl sites for hydroxylation is 2. The lowest BCUT2D eigenvalue weighted by molar-refractivity contribution is 0.588. The van der Waals surface area contributed by atoms with Crippen LogP contribution >= 0.6 is 23.2 Å². The van der Waals surface area contributed by atoms with Gasteiger partial charge in [-0.1, -0.05) is 19.3 Å². The minimum atomic E-state index is 0.594. The molecular weight excluding hydrogens is 367 g/mol. The van der Waals surface area contributed by atoms with Gasteiger partial charge in [0.25, 0.3) is 0 Å². The zero-order valence-corrected chi connectivity index (χ0v) is 17.6. The Morgan fingerprint density at radius 3 is 2.42 bits per heavy atom. The number of imidazole rings is 1. The fourth-order valence-corrected chi connectivity index (χ4v) is 3.76. The van der Waals surface area contributed by atoms with Crippen LogP contribution in [0.15, 0.2) is 18.2 Å². The van der Waals surface area contributed by atoms with Crippen molar-refractivity contribution < 1.29 is 0 Å². The highest BCUT2D eigenvalue weighted by Gasteiger charge is 2.11. The molecular formula is C20H32Cl2N4. The molecule has 0 aliphatic rings. The fraction of sp³-hybridized carbons (Fsp3) is 0.650. The largest absolute Gasteiger partial charge is 0.369 e. The fourth-order valence-electron chi connectivity index (χ4n) is 3.35. The van der Waals surface area contributed by atoms with Gasteiger partial charge >= 0.3 is 0 Å². The summed E-state index contributed by atoms with van der Waals surface area (Å²) in [6.07, 6.45) is 7.41. The van der Waals surface area contributed by atoms with Gasteiger partial charge < -0.3 is 14.8 Å². The number of fused-ring (bicyclic) bond motifs is 1. The highest BCUT2D eigenvalue weighted by molar-refractivity contribution is 6.18. The third kappa shape index (κ3) is 6.04. The van der Waals surface area contributed by atoms with E-state index < -0.39 is 0 Å². The van der Waals surface area contributed by atoms with E-state index in [2.05, 4.69) is 40.0 Å². The Balaban J connectivity index is 1.98. The SMILES string of the molecule is CNCCCCCCCc1nc2cc(N(CCCl)CCCl)ccc2n1C. The molecule has 0 amide bonds. The summed E-state index contributed by atoms with van der Waals surface area (Å²) >= 11 is 11.9. The topological polar surface area (TPSA) is 33.1 Å². The average Bonchev–Trinajstić information content (AvgIpc) is 2.96. The zero-order valence-electron chi connectivity index (χ0n) is 16.1. The predicted molar refractivity (Wildman–Crippen MR) is 115 cm³/mol. The second-order valence-corrected chi connectivity index (χ2v) is 7.50.